The standard InChI is InChI=1S/C21H19N3O2S/c25-19-15-7-1-3-9-17(15)24(21(19)26)13-23-11-5-6-14(12-23)20-22-16-8-2-4-10-18(16)27-20/h1-4,7-10,14H,5-6,11-13H2. The molecule has 1 amide bonds. The molecule has 3 aromatic rings. The van der Waals surface area contributed by atoms with E-state index in [1.54, 1.807) is 28.4 Å². The smallest absolute Gasteiger partial charge is 0.291 e. The predicted octanol–water partition coefficient (Wildman–Crippen LogP) is 3.66. The van der Waals surface area contributed by atoms with Crippen LogP contribution in [-0.2, 0) is 4.79 Å². The highest BCUT2D eigenvalue weighted by atomic mass is 32.1. The van der Waals surface area contributed by atoms with Crippen molar-refractivity contribution in [2.75, 3.05) is 24.7 Å². The van der Waals surface area contributed by atoms with Gasteiger partial charge in [-0.25, -0.2) is 4.98 Å². The number of carbonyl (C=O) groups excluding carboxylic acids is 2. The van der Waals surface area contributed by atoms with Crippen LogP contribution in [0, 0.1) is 0 Å². The van der Waals surface area contributed by atoms with Gasteiger partial charge in [0.2, 0.25) is 0 Å². The van der Waals surface area contributed by atoms with Gasteiger partial charge < -0.3 is 0 Å². The SMILES string of the molecule is O=C1C(=O)N(CN2CCCC(c3nc4ccccc4s3)C2)c2ccccc21. The lowest BCUT2D eigenvalue weighted by atomic mass is 9.99. The van der Waals surface area contributed by atoms with Gasteiger partial charge in [0.05, 0.1) is 33.1 Å². The van der Waals surface area contributed by atoms with Gasteiger partial charge >= 0.3 is 5.91 Å². The minimum Gasteiger partial charge on any atom is -0.291 e. The fourth-order valence-electron chi connectivity index (χ4n) is 4.04. The molecule has 27 heavy (non-hydrogen) atoms. The lowest BCUT2D eigenvalue weighted by Gasteiger charge is -2.34. The van der Waals surface area contributed by atoms with Gasteiger partial charge in [-0.2, -0.15) is 0 Å². The summed E-state index contributed by atoms with van der Waals surface area (Å²) in [6, 6.07) is 15.5. The molecule has 0 N–H and O–H groups in total. The van der Waals surface area contributed by atoms with Gasteiger partial charge in [0, 0.05) is 12.5 Å². The largest absolute Gasteiger partial charge is 0.300 e. The summed E-state index contributed by atoms with van der Waals surface area (Å²) in [6.07, 6.45) is 2.18. The second-order valence-electron chi connectivity index (χ2n) is 7.16. The first-order chi connectivity index (χ1) is 13.2. The van der Waals surface area contributed by atoms with Crippen molar-refractivity contribution in [1.82, 2.24) is 9.88 Å². The van der Waals surface area contributed by atoms with Gasteiger partial charge in [-0.05, 0) is 43.7 Å². The van der Waals surface area contributed by atoms with Crippen LogP contribution in [0.3, 0.4) is 0 Å². The third kappa shape index (κ3) is 2.85. The van der Waals surface area contributed by atoms with E-state index >= 15 is 0 Å². The van der Waals surface area contributed by atoms with Gasteiger partial charge in [-0.1, -0.05) is 24.3 Å². The van der Waals surface area contributed by atoms with Crippen LogP contribution in [0.15, 0.2) is 48.5 Å². The Hall–Kier alpha value is -2.57. The van der Waals surface area contributed by atoms with Crippen molar-refractivity contribution in [3.05, 3.63) is 59.1 Å². The monoisotopic (exact) mass is 377 g/mol. The molecule has 5 nitrogen and oxygen atoms in total. The predicted molar refractivity (Wildman–Crippen MR) is 106 cm³/mol. The number of aromatic nitrogens is 1. The van der Waals surface area contributed by atoms with Crippen molar-refractivity contribution < 1.29 is 9.59 Å². The van der Waals surface area contributed by atoms with E-state index in [2.05, 4.69) is 17.0 Å². The second kappa shape index (κ2) is 6.55. The molecule has 6 heteroatoms. The van der Waals surface area contributed by atoms with Crippen molar-refractivity contribution in [2.45, 2.75) is 18.8 Å². The normalized spacial score (nSPS) is 20.4. The summed E-state index contributed by atoms with van der Waals surface area (Å²) in [6.45, 7) is 2.25. The van der Waals surface area contributed by atoms with E-state index in [4.69, 9.17) is 4.98 Å². The molecule has 2 aliphatic heterocycles. The molecule has 1 aromatic heterocycles. The lowest BCUT2D eigenvalue weighted by Crippen LogP contribution is -2.44. The number of likely N-dealkylation sites (tertiary alicyclic amines) is 1. The summed E-state index contributed by atoms with van der Waals surface area (Å²) in [5.74, 6) is -0.441. The number of fused-ring (bicyclic) bond motifs is 2. The summed E-state index contributed by atoms with van der Waals surface area (Å²) in [4.78, 5) is 33.4. The molecule has 1 fully saturated rings. The highest BCUT2D eigenvalue weighted by Gasteiger charge is 2.37. The van der Waals surface area contributed by atoms with Crippen molar-refractivity contribution >= 4 is 38.9 Å². The molecule has 1 saturated heterocycles. The van der Waals surface area contributed by atoms with Crippen LogP contribution < -0.4 is 4.90 Å². The zero-order chi connectivity index (χ0) is 18.4. The lowest BCUT2D eigenvalue weighted by molar-refractivity contribution is -0.114. The summed E-state index contributed by atoms with van der Waals surface area (Å²) < 4.78 is 1.22. The van der Waals surface area contributed by atoms with Crippen LogP contribution in [-0.4, -0.2) is 41.3 Å². The highest BCUT2D eigenvalue weighted by Crippen LogP contribution is 2.34. The number of piperidine rings is 1. The van der Waals surface area contributed by atoms with E-state index in [-0.39, 0.29) is 0 Å². The molecule has 2 aromatic carbocycles. The van der Waals surface area contributed by atoms with E-state index in [0.717, 1.165) is 37.1 Å². The number of amides is 1. The average molecular weight is 377 g/mol. The maximum absolute atomic E-state index is 12.4. The Labute approximate surface area is 161 Å². The Morgan fingerprint density at radius 1 is 1.07 bits per heavy atom. The van der Waals surface area contributed by atoms with E-state index in [1.807, 2.05) is 24.3 Å². The molecule has 136 valence electrons. The van der Waals surface area contributed by atoms with E-state index in [9.17, 15) is 9.59 Å². The van der Waals surface area contributed by atoms with Crippen LogP contribution in [0.4, 0.5) is 5.69 Å². The number of thiazole rings is 1. The Bertz CT molecular complexity index is 1010. The first-order valence-electron chi connectivity index (χ1n) is 9.24. The number of Topliss-reactive ketones (excluding diaryl/α,β-unsaturated/α-hetero) is 1. The van der Waals surface area contributed by atoms with Crippen LogP contribution >= 0.6 is 11.3 Å². The molecule has 0 radical (unpaired) electrons. The number of ketones is 1. The zero-order valence-corrected chi connectivity index (χ0v) is 15.6. The fraction of sp³-hybridized carbons (Fsp3) is 0.286. The number of anilines is 1. The van der Waals surface area contributed by atoms with E-state index in [1.165, 1.54) is 9.71 Å². The Kier molecular flexibility index (Phi) is 4.02. The number of hydrogen-bond donors (Lipinski definition) is 0. The average Bonchev–Trinajstić information content (AvgIpc) is 3.24. The molecule has 0 spiro atoms. The number of para-hydroxylation sites is 2. The van der Waals surface area contributed by atoms with Gasteiger partial charge in [-0.3, -0.25) is 19.4 Å². The highest BCUT2D eigenvalue weighted by molar-refractivity contribution is 7.18. The third-order valence-corrected chi connectivity index (χ3v) is 6.58. The van der Waals surface area contributed by atoms with Gasteiger partial charge in [-0.15, -0.1) is 11.3 Å². The quantitative estimate of drug-likeness (QED) is 0.654. The van der Waals surface area contributed by atoms with Crippen molar-refractivity contribution in [2.24, 2.45) is 0 Å². The summed E-state index contributed by atoms with van der Waals surface area (Å²) in [5.41, 5.74) is 2.31. The molecule has 3 heterocycles. The van der Waals surface area contributed by atoms with Crippen molar-refractivity contribution in [3.63, 3.8) is 0 Å². The van der Waals surface area contributed by atoms with Crippen LogP contribution in [0.2, 0.25) is 0 Å². The first-order valence-corrected chi connectivity index (χ1v) is 10.1. The number of hydrogen-bond acceptors (Lipinski definition) is 5. The third-order valence-electron chi connectivity index (χ3n) is 5.39. The van der Waals surface area contributed by atoms with Crippen LogP contribution in [0.25, 0.3) is 10.2 Å². The molecule has 0 bridgehead atoms. The minimum atomic E-state index is -0.418. The van der Waals surface area contributed by atoms with E-state index < -0.39 is 11.7 Å². The molecule has 1 atom stereocenters. The zero-order valence-electron chi connectivity index (χ0n) is 14.8. The molecular weight excluding hydrogens is 358 g/mol. The van der Waals surface area contributed by atoms with Crippen molar-refractivity contribution in [1.29, 1.82) is 0 Å². The maximum Gasteiger partial charge on any atom is 0.300 e. The topological polar surface area (TPSA) is 53.5 Å². The van der Waals surface area contributed by atoms with Gasteiger partial charge in [0.25, 0.3) is 5.78 Å². The minimum absolute atomic E-state index is 0.375. The second-order valence-corrected chi connectivity index (χ2v) is 8.22. The summed E-state index contributed by atoms with van der Waals surface area (Å²) in [7, 11) is 0. The molecule has 5 rings (SSSR count). The van der Waals surface area contributed by atoms with Crippen LogP contribution in [0.1, 0.15) is 34.1 Å². The number of carbonyl (C=O) groups is 2. The Morgan fingerprint density at radius 2 is 1.89 bits per heavy atom. The fourth-order valence-corrected chi connectivity index (χ4v) is 5.13. The van der Waals surface area contributed by atoms with Gasteiger partial charge in [0.15, 0.2) is 0 Å². The molecule has 0 aliphatic carbocycles. The molecule has 0 saturated carbocycles. The summed E-state index contributed by atoms with van der Waals surface area (Å²) in [5, 5.41) is 1.17. The Balaban J connectivity index is 1.36. The number of benzene rings is 2. The van der Waals surface area contributed by atoms with Gasteiger partial charge in [0.1, 0.15) is 0 Å². The molecule has 1 unspecified atom stereocenters. The van der Waals surface area contributed by atoms with Crippen molar-refractivity contribution in [3.8, 4) is 0 Å². The number of rotatable bonds is 3. The number of nitrogens with zero attached hydrogens (tertiary/aromatic N) is 3. The Morgan fingerprint density at radius 3 is 2.78 bits per heavy atom. The van der Waals surface area contributed by atoms with Crippen LogP contribution in [0.5, 0.6) is 0 Å². The first kappa shape index (κ1) is 16.6. The van der Waals surface area contributed by atoms with E-state index in [0.29, 0.717) is 18.2 Å². The maximum atomic E-state index is 12.4. The summed E-state index contributed by atoms with van der Waals surface area (Å²) >= 11 is 1.77. The molecular formula is C21H19N3O2S. The molecule has 2 aliphatic rings.